The summed E-state index contributed by atoms with van der Waals surface area (Å²) in [6.45, 7) is 16.4. The van der Waals surface area contributed by atoms with Crippen molar-refractivity contribution >= 4 is 62.3 Å². The van der Waals surface area contributed by atoms with Gasteiger partial charge in [0.2, 0.25) is 5.52 Å². The molecule has 3 aromatic heterocycles. The van der Waals surface area contributed by atoms with Crippen LogP contribution in [0.3, 0.4) is 0 Å². The zero-order valence-corrected chi connectivity index (χ0v) is 21.4. The largest absolute Gasteiger partial charge is 0.307 e. The standard InChI is InChI=1S/C29H31N2Si/c1-16-9-10-22-23-13-17(2)18(3)25-28(23)31(27(22)19(16)4)24-15-21(32(6,7)8)14-20-11-12-30(5)29(25)26(20)24/h9-15H,1-8H3/q+1. The number of rotatable bonds is 1. The normalized spacial score (nSPS) is 13.0. The van der Waals surface area contributed by atoms with E-state index in [1.807, 2.05) is 0 Å². The zero-order valence-electron chi connectivity index (χ0n) is 20.4. The highest BCUT2D eigenvalue weighted by atomic mass is 28.3. The van der Waals surface area contributed by atoms with Gasteiger partial charge in [-0.1, -0.05) is 43.0 Å². The van der Waals surface area contributed by atoms with E-state index in [9.17, 15) is 0 Å². The highest BCUT2D eigenvalue weighted by molar-refractivity contribution is 6.89. The van der Waals surface area contributed by atoms with Crippen molar-refractivity contribution in [2.24, 2.45) is 7.05 Å². The molecule has 0 spiro atoms. The van der Waals surface area contributed by atoms with Crippen molar-refractivity contribution in [3.05, 3.63) is 64.8 Å². The number of hydrogen-bond donors (Lipinski definition) is 0. The topological polar surface area (TPSA) is 8.29 Å². The maximum atomic E-state index is 2.60. The summed E-state index contributed by atoms with van der Waals surface area (Å²) in [6.07, 6.45) is 2.25. The summed E-state index contributed by atoms with van der Waals surface area (Å²) in [5, 5.41) is 8.41. The molecule has 6 aromatic rings. The SMILES string of the molecule is Cc1cc2c3ccc(C)c(C)c3n3c4cc([Si](C)(C)C)cc5cc[n+](C)c(c(c1C)c23)c54. The van der Waals surface area contributed by atoms with Gasteiger partial charge in [0.05, 0.1) is 35.4 Å². The third kappa shape index (κ3) is 2.32. The molecule has 2 nitrogen and oxygen atoms in total. The zero-order chi connectivity index (χ0) is 22.7. The molecule has 0 unspecified atom stereocenters. The number of aromatic nitrogens is 2. The van der Waals surface area contributed by atoms with Crippen LogP contribution in [0.4, 0.5) is 0 Å². The van der Waals surface area contributed by atoms with E-state index in [0.717, 1.165) is 0 Å². The number of pyridine rings is 2. The Morgan fingerprint density at radius 3 is 2.22 bits per heavy atom. The maximum absolute atomic E-state index is 2.60. The second kappa shape index (κ2) is 6.11. The van der Waals surface area contributed by atoms with Crippen molar-refractivity contribution in [1.29, 1.82) is 0 Å². The van der Waals surface area contributed by atoms with Crippen LogP contribution < -0.4 is 9.75 Å². The molecular weight excluding hydrogens is 404 g/mol. The fraction of sp³-hybridized carbons (Fsp3) is 0.276. The minimum Gasteiger partial charge on any atom is -0.307 e. The number of nitrogens with zero attached hydrogens (tertiary/aromatic N) is 2. The molecule has 0 amide bonds. The van der Waals surface area contributed by atoms with Crippen LogP contribution in [0.5, 0.6) is 0 Å². The van der Waals surface area contributed by atoms with Gasteiger partial charge in [0.25, 0.3) is 0 Å². The average Bonchev–Trinajstić information content (AvgIpc) is 3.06. The number of hydrogen-bond acceptors (Lipinski definition) is 0. The van der Waals surface area contributed by atoms with Crippen LogP contribution in [-0.2, 0) is 7.05 Å². The van der Waals surface area contributed by atoms with Crippen LogP contribution in [0.1, 0.15) is 22.3 Å². The van der Waals surface area contributed by atoms with Gasteiger partial charge in [-0.3, -0.25) is 0 Å². The van der Waals surface area contributed by atoms with Crippen LogP contribution in [0.15, 0.2) is 42.6 Å². The van der Waals surface area contributed by atoms with Gasteiger partial charge in [0.1, 0.15) is 7.05 Å². The lowest BCUT2D eigenvalue weighted by Gasteiger charge is -2.20. The minimum atomic E-state index is -1.49. The Morgan fingerprint density at radius 1 is 0.750 bits per heavy atom. The van der Waals surface area contributed by atoms with E-state index in [-0.39, 0.29) is 0 Å². The molecule has 0 aliphatic rings. The molecule has 6 rings (SSSR count). The summed E-state index contributed by atoms with van der Waals surface area (Å²) >= 11 is 0. The molecule has 0 saturated carbocycles. The first-order valence-electron chi connectivity index (χ1n) is 11.6. The summed E-state index contributed by atoms with van der Waals surface area (Å²) in [6, 6.07) is 14.3. The number of aryl methyl sites for hydroxylation is 5. The third-order valence-corrected chi connectivity index (χ3v) is 9.84. The van der Waals surface area contributed by atoms with Crippen LogP contribution in [-0.4, -0.2) is 12.5 Å². The second-order valence-corrected chi connectivity index (χ2v) is 15.9. The summed E-state index contributed by atoms with van der Waals surface area (Å²) < 4.78 is 4.94. The lowest BCUT2D eigenvalue weighted by molar-refractivity contribution is -0.643. The fourth-order valence-electron chi connectivity index (χ4n) is 5.68. The summed E-state index contributed by atoms with van der Waals surface area (Å²) in [5.74, 6) is 0. The Morgan fingerprint density at radius 2 is 1.50 bits per heavy atom. The molecule has 0 bridgehead atoms. The van der Waals surface area contributed by atoms with Crippen molar-refractivity contribution in [2.45, 2.75) is 47.3 Å². The van der Waals surface area contributed by atoms with Crippen molar-refractivity contribution in [3.8, 4) is 0 Å². The van der Waals surface area contributed by atoms with Crippen LogP contribution >= 0.6 is 0 Å². The van der Waals surface area contributed by atoms with E-state index in [0.29, 0.717) is 0 Å². The van der Waals surface area contributed by atoms with Gasteiger partial charge in [-0.25, -0.2) is 4.57 Å². The molecule has 3 heteroatoms. The van der Waals surface area contributed by atoms with Gasteiger partial charge in [-0.15, -0.1) is 0 Å². The maximum Gasteiger partial charge on any atom is 0.224 e. The van der Waals surface area contributed by atoms with Crippen molar-refractivity contribution in [3.63, 3.8) is 0 Å². The summed E-state index contributed by atoms with van der Waals surface area (Å²) in [5.41, 5.74) is 11.0. The number of benzene rings is 3. The molecule has 3 heterocycles. The molecule has 0 aliphatic heterocycles. The lowest BCUT2D eigenvalue weighted by Crippen LogP contribution is -2.38. The highest BCUT2D eigenvalue weighted by Gasteiger charge is 2.27. The first kappa shape index (κ1) is 19.7. The predicted molar refractivity (Wildman–Crippen MR) is 142 cm³/mol. The Balaban J connectivity index is 2.10. The Labute approximate surface area is 190 Å². The smallest absolute Gasteiger partial charge is 0.224 e. The molecule has 0 aliphatic carbocycles. The van der Waals surface area contributed by atoms with Crippen LogP contribution in [0, 0.1) is 27.7 Å². The molecule has 0 saturated heterocycles. The van der Waals surface area contributed by atoms with E-state index in [4.69, 9.17) is 0 Å². The molecule has 0 radical (unpaired) electrons. The molecular formula is C29H31N2Si+. The summed E-state index contributed by atoms with van der Waals surface area (Å²) in [4.78, 5) is 0. The van der Waals surface area contributed by atoms with E-state index < -0.39 is 8.07 Å². The minimum absolute atomic E-state index is 1.36. The van der Waals surface area contributed by atoms with Gasteiger partial charge in [0.15, 0.2) is 6.20 Å². The molecule has 0 fully saturated rings. The highest BCUT2D eigenvalue weighted by Crippen LogP contribution is 2.42. The Hall–Kier alpha value is -2.91. The summed E-state index contributed by atoms with van der Waals surface area (Å²) in [7, 11) is 0.709. The Bertz CT molecular complexity index is 1750. The second-order valence-electron chi connectivity index (χ2n) is 10.8. The van der Waals surface area contributed by atoms with Gasteiger partial charge in [-0.05, 0) is 67.5 Å². The predicted octanol–water partition coefficient (Wildman–Crippen LogP) is 6.59. The monoisotopic (exact) mass is 435 g/mol. The van der Waals surface area contributed by atoms with Crippen molar-refractivity contribution in [2.75, 3.05) is 0 Å². The number of fused-ring (bicyclic) bond motifs is 5. The van der Waals surface area contributed by atoms with Crippen LogP contribution in [0.25, 0.3) is 49.0 Å². The Kier molecular flexibility index (Phi) is 3.77. The molecule has 160 valence electrons. The average molecular weight is 436 g/mol. The van der Waals surface area contributed by atoms with E-state index >= 15 is 0 Å². The van der Waals surface area contributed by atoms with Crippen molar-refractivity contribution < 1.29 is 4.57 Å². The molecule has 0 N–H and O–H groups in total. The molecule has 0 atom stereocenters. The lowest BCUT2D eigenvalue weighted by atomic mass is 9.96. The van der Waals surface area contributed by atoms with E-state index in [2.05, 4.69) is 106 Å². The van der Waals surface area contributed by atoms with Gasteiger partial charge in [0, 0.05) is 16.8 Å². The van der Waals surface area contributed by atoms with E-state index in [1.54, 1.807) is 0 Å². The van der Waals surface area contributed by atoms with Crippen LogP contribution in [0.2, 0.25) is 19.6 Å². The first-order valence-corrected chi connectivity index (χ1v) is 15.1. The van der Waals surface area contributed by atoms with E-state index in [1.165, 1.54) is 76.4 Å². The quantitative estimate of drug-likeness (QED) is 0.119. The third-order valence-electron chi connectivity index (χ3n) is 7.82. The van der Waals surface area contributed by atoms with Gasteiger partial charge < -0.3 is 4.40 Å². The van der Waals surface area contributed by atoms with Gasteiger partial charge >= 0.3 is 0 Å². The molecule has 32 heavy (non-hydrogen) atoms. The first-order chi connectivity index (χ1) is 15.1. The van der Waals surface area contributed by atoms with Gasteiger partial charge in [-0.2, -0.15) is 0 Å². The van der Waals surface area contributed by atoms with Crippen molar-refractivity contribution in [1.82, 2.24) is 4.40 Å². The fourth-order valence-corrected chi connectivity index (χ4v) is 6.84. The molecule has 3 aromatic carbocycles.